The van der Waals surface area contributed by atoms with E-state index < -0.39 is 10.0 Å². The summed E-state index contributed by atoms with van der Waals surface area (Å²) in [6.07, 6.45) is 1.44. The van der Waals surface area contributed by atoms with E-state index in [1.54, 1.807) is 28.6 Å². The first-order valence-corrected chi connectivity index (χ1v) is 10.6. The molecule has 0 aromatic heterocycles. The van der Waals surface area contributed by atoms with Crippen LogP contribution in [0.5, 0.6) is 5.75 Å². The quantitative estimate of drug-likeness (QED) is 0.704. The van der Waals surface area contributed by atoms with Gasteiger partial charge in [0.2, 0.25) is 10.0 Å². The molecule has 0 saturated carbocycles. The molecule has 0 unspecified atom stereocenters. The van der Waals surface area contributed by atoms with Crippen molar-refractivity contribution in [3.05, 3.63) is 24.3 Å². The van der Waals surface area contributed by atoms with Crippen molar-refractivity contribution in [2.45, 2.75) is 23.8 Å². The van der Waals surface area contributed by atoms with Crippen molar-refractivity contribution in [1.82, 2.24) is 9.21 Å². The molecule has 2 aliphatic rings. The standard InChI is InChI=1S/C18H28N2O5S/c1-23-17-4-2-3-5-18(17)26(21,22)20(16-6-12-24-13-7-16)9-8-19-10-14-25-15-11-19/h2-5,16H,6-15H2,1H3. The van der Waals surface area contributed by atoms with Gasteiger partial charge >= 0.3 is 0 Å². The lowest BCUT2D eigenvalue weighted by molar-refractivity contribution is 0.0291. The Morgan fingerprint density at radius 2 is 1.77 bits per heavy atom. The van der Waals surface area contributed by atoms with E-state index in [-0.39, 0.29) is 10.9 Å². The Hall–Kier alpha value is -1.19. The van der Waals surface area contributed by atoms with Crippen LogP contribution in [0.2, 0.25) is 0 Å². The van der Waals surface area contributed by atoms with E-state index >= 15 is 0 Å². The molecule has 7 nitrogen and oxygen atoms in total. The van der Waals surface area contributed by atoms with Gasteiger partial charge in [0, 0.05) is 45.4 Å². The third-order valence-corrected chi connectivity index (χ3v) is 6.99. The van der Waals surface area contributed by atoms with Crippen molar-refractivity contribution in [1.29, 1.82) is 0 Å². The molecular weight excluding hydrogens is 356 g/mol. The van der Waals surface area contributed by atoms with E-state index in [0.717, 1.165) is 25.9 Å². The number of morpholine rings is 1. The number of rotatable bonds is 7. The molecule has 1 aromatic carbocycles. The van der Waals surface area contributed by atoms with Gasteiger partial charge in [0.25, 0.3) is 0 Å². The Morgan fingerprint density at radius 1 is 1.12 bits per heavy atom. The number of benzene rings is 1. The number of methoxy groups -OCH3 is 1. The zero-order valence-corrected chi connectivity index (χ0v) is 16.1. The highest BCUT2D eigenvalue weighted by Crippen LogP contribution is 2.29. The second kappa shape index (κ2) is 9.14. The number of hydrogen-bond acceptors (Lipinski definition) is 6. The molecule has 0 spiro atoms. The van der Waals surface area contributed by atoms with Crippen LogP contribution in [0, 0.1) is 0 Å². The average molecular weight is 384 g/mol. The Morgan fingerprint density at radius 3 is 2.46 bits per heavy atom. The van der Waals surface area contributed by atoms with Crippen molar-refractivity contribution in [3.8, 4) is 5.75 Å². The van der Waals surface area contributed by atoms with E-state index in [0.29, 0.717) is 45.3 Å². The van der Waals surface area contributed by atoms with Gasteiger partial charge in [-0.25, -0.2) is 8.42 Å². The predicted octanol–water partition coefficient (Wildman–Crippen LogP) is 1.20. The maximum Gasteiger partial charge on any atom is 0.247 e. The summed E-state index contributed by atoms with van der Waals surface area (Å²) >= 11 is 0. The molecule has 2 heterocycles. The second-order valence-electron chi connectivity index (χ2n) is 6.56. The van der Waals surface area contributed by atoms with Gasteiger partial charge in [0.1, 0.15) is 10.6 Å². The monoisotopic (exact) mass is 384 g/mol. The summed E-state index contributed by atoms with van der Waals surface area (Å²) in [5.41, 5.74) is 0. The summed E-state index contributed by atoms with van der Waals surface area (Å²) in [5.74, 6) is 0.385. The van der Waals surface area contributed by atoms with Gasteiger partial charge in [0.15, 0.2) is 0 Å². The number of nitrogens with zero attached hydrogens (tertiary/aromatic N) is 2. The maximum atomic E-state index is 13.4. The summed E-state index contributed by atoms with van der Waals surface area (Å²) in [6.45, 7) is 5.46. The zero-order chi connectivity index (χ0) is 18.4. The highest BCUT2D eigenvalue weighted by molar-refractivity contribution is 7.89. The van der Waals surface area contributed by atoms with Crippen molar-refractivity contribution in [2.24, 2.45) is 0 Å². The number of para-hydroxylation sites is 1. The first-order chi connectivity index (χ1) is 12.6. The Labute approximate surface area is 155 Å². The Bertz CT molecular complexity index is 670. The van der Waals surface area contributed by atoms with Gasteiger partial charge in [-0.2, -0.15) is 4.31 Å². The van der Waals surface area contributed by atoms with E-state index in [1.165, 1.54) is 7.11 Å². The zero-order valence-electron chi connectivity index (χ0n) is 15.3. The molecule has 0 bridgehead atoms. The highest BCUT2D eigenvalue weighted by Gasteiger charge is 2.34. The van der Waals surface area contributed by atoms with Crippen LogP contribution in [0.3, 0.4) is 0 Å². The SMILES string of the molecule is COc1ccccc1S(=O)(=O)N(CCN1CCOCC1)C1CCOCC1. The molecule has 0 amide bonds. The predicted molar refractivity (Wildman–Crippen MR) is 98.0 cm³/mol. The molecule has 0 atom stereocenters. The number of ether oxygens (including phenoxy) is 3. The summed E-state index contributed by atoms with van der Waals surface area (Å²) in [5, 5.41) is 0. The van der Waals surface area contributed by atoms with Crippen LogP contribution in [0.4, 0.5) is 0 Å². The van der Waals surface area contributed by atoms with Crippen LogP contribution >= 0.6 is 0 Å². The van der Waals surface area contributed by atoms with E-state index in [9.17, 15) is 8.42 Å². The van der Waals surface area contributed by atoms with Crippen LogP contribution in [0.15, 0.2) is 29.2 Å². The first kappa shape index (κ1) is 19.6. The molecule has 8 heteroatoms. The average Bonchev–Trinajstić information content (AvgIpc) is 2.69. The third kappa shape index (κ3) is 4.55. The Balaban J connectivity index is 1.83. The molecule has 0 radical (unpaired) electrons. The lowest BCUT2D eigenvalue weighted by Crippen LogP contribution is -2.48. The minimum Gasteiger partial charge on any atom is -0.495 e. The van der Waals surface area contributed by atoms with Gasteiger partial charge in [0.05, 0.1) is 20.3 Å². The topological polar surface area (TPSA) is 68.3 Å². The molecule has 2 fully saturated rings. The van der Waals surface area contributed by atoms with E-state index in [2.05, 4.69) is 4.90 Å². The van der Waals surface area contributed by atoms with Crippen molar-refractivity contribution < 1.29 is 22.6 Å². The molecule has 0 aliphatic carbocycles. The molecule has 1 aromatic rings. The van der Waals surface area contributed by atoms with Gasteiger partial charge in [-0.3, -0.25) is 4.90 Å². The first-order valence-electron chi connectivity index (χ1n) is 9.15. The fourth-order valence-corrected chi connectivity index (χ4v) is 5.33. The lowest BCUT2D eigenvalue weighted by atomic mass is 10.1. The van der Waals surface area contributed by atoms with Crippen molar-refractivity contribution in [2.75, 3.05) is 59.7 Å². The van der Waals surface area contributed by atoms with Crippen LogP contribution in [-0.4, -0.2) is 83.4 Å². The van der Waals surface area contributed by atoms with Crippen molar-refractivity contribution in [3.63, 3.8) is 0 Å². The molecule has 2 saturated heterocycles. The maximum absolute atomic E-state index is 13.4. The molecule has 0 N–H and O–H groups in total. The van der Waals surface area contributed by atoms with Gasteiger partial charge in [-0.05, 0) is 25.0 Å². The fraction of sp³-hybridized carbons (Fsp3) is 0.667. The molecule has 3 rings (SSSR count). The molecule has 146 valence electrons. The highest BCUT2D eigenvalue weighted by atomic mass is 32.2. The van der Waals surface area contributed by atoms with Crippen molar-refractivity contribution >= 4 is 10.0 Å². The number of sulfonamides is 1. The molecule has 26 heavy (non-hydrogen) atoms. The normalized spacial score (nSPS) is 20.4. The van der Waals surface area contributed by atoms with Gasteiger partial charge in [-0.1, -0.05) is 12.1 Å². The van der Waals surface area contributed by atoms with Crippen LogP contribution in [0.25, 0.3) is 0 Å². The van der Waals surface area contributed by atoms with Crippen LogP contribution in [0.1, 0.15) is 12.8 Å². The van der Waals surface area contributed by atoms with Crippen LogP contribution < -0.4 is 4.74 Å². The molecular formula is C18H28N2O5S. The summed E-state index contributed by atoms with van der Waals surface area (Å²) in [7, 11) is -2.15. The van der Waals surface area contributed by atoms with E-state index in [1.807, 2.05) is 0 Å². The largest absolute Gasteiger partial charge is 0.495 e. The summed E-state index contributed by atoms with van der Waals surface area (Å²) in [6, 6.07) is 6.79. The fourth-order valence-electron chi connectivity index (χ4n) is 3.50. The second-order valence-corrected chi connectivity index (χ2v) is 8.42. The van der Waals surface area contributed by atoms with Crippen LogP contribution in [-0.2, 0) is 19.5 Å². The smallest absolute Gasteiger partial charge is 0.247 e. The third-order valence-electron chi connectivity index (χ3n) is 4.99. The summed E-state index contributed by atoms with van der Waals surface area (Å²) in [4.78, 5) is 2.49. The molecule has 2 aliphatic heterocycles. The Kier molecular flexibility index (Phi) is 6.88. The minimum atomic E-state index is -3.65. The van der Waals surface area contributed by atoms with Gasteiger partial charge in [-0.15, -0.1) is 0 Å². The summed E-state index contributed by atoms with van der Waals surface area (Å²) < 4.78 is 44.7. The lowest BCUT2D eigenvalue weighted by Gasteiger charge is -2.35. The van der Waals surface area contributed by atoms with Gasteiger partial charge < -0.3 is 14.2 Å². The van der Waals surface area contributed by atoms with E-state index in [4.69, 9.17) is 14.2 Å². The minimum absolute atomic E-state index is 0.0419. The number of hydrogen-bond donors (Lipinski definition) is 0.